The molecule has 0 aliphatic carbocycles. The molecule has 96 valence electrons. The summed E-state index contributed by atoms with van der Waals surface area (Å²) >= 11 is 0. The minimum atomic E-state index is -0.0945. The zero-order chi connectivity index (χ0) is 13.1. The lowest BCUT2D eigenvalue weighted by atomic mass is 10.1. The molecule has 0 spiro atoms. The standard InChI is InChI=1S/C12H15N3O3/c1-14-6-12(17)15(7-11(14)16)10-4-2-3-9(5-10)8-18-13/h2-5H,6-8,13H2,1H3. The van der Waals surface area contributed by atoms with Gasteiger partial charge in [-0.1, -0.05) is 12.1 Å². The first-order valence-corrected chi connectivity index (χ1v) is 5.57. The van der Waals surface area contributed by atoms with E-state index >= 15 is 0 Å². The smallest absolute Gasteiger partial charge is 0.247 e. The number of nitrogens with two attached hydrogens (primary N) is 1. The maximum atomic E-state index is 11.9. The van der Waals surface area contributed by atoms with Crippen LogP contribution in [-0.4, -0.2) is 36.9 Å². The fraction of sp³-hybridized carbons (Fsp3) is 0.333. The monoisotopic (exact) mass is 249 g/mol. The molecule has 1 aromatic rings. The van der Waals surface area contributed by atoms with Crippen molar-refractivity contribution in [3.63, 3.8) is 0 Å². The molecular formula is C12H15N3O3. The zero-order valence-corrected chi connectivity index (χ0v) is 10.1. The Hall–Kier alpha value is -1.92. The van der Waals surface area contributed by atoms with Crippen LogP contribution < -0.4 is 10.8 Å². The van der Waals surface area contributed by atoms with Crippen molar-refractivity contribution in [2.24, 2.45) is 5.90 Å². The third-order valence-corrected chi connectivity index (χ3v) is 2.86. The van der Waals surface area contributed by atoms with E-state index in [0.29, 0.717) is 5.69 Å². The Kier molecular flexibility index (Phi) is 3.59. The summed E-state index contributed by atoms with van der Waals surface area (Å²) in [5, 5.41) is 0. The van der Waals surface area contributed by atoms with Crippen molar-refractivity contribution in [3.05, 3.63) is 29.8 Å². The SMILES string of the molecule is CN1CC(=O)N(c2cccc(CON)c2)CC1=O. The Labute approximate surface area is 105 Å². The Bertz CT molecular complexity index is 475. The lowest BCUT2D eigenvalue weighted by Crippen LogP contribution is -2.52. The van der Waals surface area contributed by atoms with Crippen molar-refractivity contribution < 1.29 is 14.4 Å². The molecule has 0 bridgehead atoms. The molecule has 1 heterocycles. The average molecular weight is 249 g/mol. The number of carbonyl (C=O) groups excluding carboxylic acids is 2. The molecule has 0 aromatic heterocycles. The molecule has 1 aromatic carbocycles. The van der Waals surface area contributed by atoms with E-state index in [0.717, 1.165) is 5.56 Å². The first-order chi connectivity index (χ1) is 8.61. The Balaban J connectivity index is 2.22. The van der Waals surface area contributed by atoms with Gasteiger partial charge in [-0.25, -0.2) is 5.90 Å². The molecule has 0 atom stereocenters. The third kappa shape index (κ3) is 2.49. The molecule has 1 aliphatic rings. The molecule has 2 N–H and O–H groups in total. The summed E-state index contributed by atoms with van der Waals surface area (Å²) in [7, 11) is 1.62. The predicted molar refractivity (Wildman–Crippen MR) is 65.4 cm³/mol. The van der Waals surface area contributed by atoms with Gasteiger partial charge in [-0.15, -0.1) is 0 Å². The van der Waals surface area contributed by atoms with Gasteiger partial charge in [0.1, 0.15) is 6.54 Å². The average Bonchev–Trinajstić information content (AvgIpc) is 2.34. The minimum absolute atomic E-state index is 0.0717. The van der Waals surface area contributed by atoms with Crippen LogP contribution in [0.4, 0.5) is 5.69 Å². The van der Waals surface area contributed by atoms with Crippen LogP contribution in [0.5, 0.6) is 0 Å². The molecule has 0 unspecified atom stereocenters. The largest absolute Gasteiger partial charge is 0.335 e. The second kappa shape index (κ2) is 5.16. The molecule has 0 radical (unpaired) electrons. The van der Waals surface area contributed by atoms with Crippen molar-refractivity contribution in [2.45, 2.75) is 6.61 Å². The van der Waals surface area contributed by atoms with Crippen LogP contribution >= 0.6 is 0 Å². The van der Waals surface area contributed by atoms with Gasteiger partial charge in [0.25, 0.3) is 0 Å². The third-order valence-electron chi connectivity index (χ3n) is 2.86. The molecule has 18 heavy (non-hydrogen) atoms. The number of piperazine rings is 1. The Morgan fingerprint density at radius 1 is 1.28 bits per heavy atom. The summed E-state index contributed by atoms with van der Waals surface area (Å²) in [5.41, 5.74) is 1.55. The molecule has 2 rings (SSSR count). The summed E-state index contributed by atoms with van der Waals surface area (Å²) in [5.74, 6) is 4.85. The summed E-state index contributed by atoms with van der Waals surface area (Å²) in [6.45, 7) is 0.447. The summed E-state index contributed by atoms with van der Waals surface area (Å²) in [4.78, 5) is 31.0. The minimum Gasteiger partial charge on any atom is -0.335 e. The van der Waals surface area contributed by atoms with Gasteiger partial charge in [-0.3, -0.25) is 14.4 Å². The van der Waals surface area contributed by atoms with E-state index in [-0.39, 0.29) is 31.5 Å². The normalized spacial score (nSPS) is 16.3. The highest BCUT2D eigenvalue weighted by Gasteiger charge is 2.28. The topological polar surface area (TPSA) is 75.9 Å². The van der Waals surface area contributed by atoms with Gasteiger partial charge in [0.15, 0.2) is 0 Å². The summed E-state index contributed by atoms with van der Waals surface area (Å²) in [6, 6.07) is 7.23. The van der Waals surface area contributed by atoms with Crippen LogP contribution in [0.15, 0.2) is 24.3 Å². The highest BCUT2D eigenvalue weighted by molar-refractivity contribution is 6.04. The molecule has 0 saturated carbocycles. The molecule has 1 aliphatic heterocycles. The Morgan fingerprint density at radius 2 is 2.06 bits per heavy atom. The van der Waals surface area contributed by atoms with Gasteiger partial charge < -0.3 is 9.80 Å². The first kappa shape index (κ1) is 12.5. The zero-order valence-electron chi connectivity index (χ0n) is 10.1. The second-order valence-corrected chi connectivity index (χ2v) is 4.21. The van der Waals surface area contributed by atoms with E-state index in [1.807, 2.05) is 6.07 Å². The molecule has 2 amide bonds. The molecule has 6 heteroatoms. The number of benzene rings is 1. The van der Waals surface area contributed by atoms with E-state index in [9.17, 15) is 9.59 Å². The molecule has 1 fully saturated rings. The number of hydrogen-bond acceptors (Lipinski definition) is 4. The van der Waals surface area contributed by atoms with Crippen LogP contribution in [0.1, 0.15) is 5.56 Å². The number of amides is 2. The maximum absolute atomic E-state index is 11.9. The summed E-state index contributed by atoms with van der Waals surface area (Å²) in [6.07, 6.45) is 0. The van der Waals surface area contributed by atoms with Gasteiger partial charge in [-0.05, 0) is 17.7 Å². The van der Waals surface area contributed by atoms with Crippen LogP contribution in [0, 0.1) is 0 Å². The second-order valence-electron chi connectivity index (χ2n) is 4.21. The van der Waals surface area contributed by atoms with Crippen molar-refractivity contribution in [2.75, 3.05) is 25.0 Å². The van der Waals surface area contributed by atoms with Crippen LogP contribution in [0.25, 0.3) is 0 Å². The number of carbonyl (C=O) groups is 2. The van der Waals surface area contributed by atoms with Gasteiger partial charge in [0.05, 0.1) is 13.2 Å². The Morgan fingerprint density at radius 3 is 2.78 bits per heavy atom. The molecule has 6 nitrogen and oxygen atoms in total. The number of nitrogens with zero attached hydrogens (tertiary/aromatic N) is 2. The number of hydrogen-bond donors (Lipinski definition) is 1. The maximum Gasteiger partial charge on any atom is 0.247 e. The van der Waals surface area contributed by atoms with E-state index in [1.165, 1.54) is 9.80 Å². The van der Waals surface area contributed by atoms with E-state index in [2.05, 4.69) is 4.84 Å². The quantitative estimate of drug-likeness (QED) is 0.758. The molecule has 1 saturated heterocycles. The molecular weight excluding hydrogens is 234 g/mol. The van der Waals surface area contributed by atoms with E-state index < -0.39 is 0 Å². The predicted octanol–water partition coefficient (Wildman–Crippen LogP) is -0.118. The van der Waals surface area contributed by atoms with Gasteiger partial charge >= 0.3 is 0 Å². The fourth-order valence-corrected chi connectivity index (χ4v) is 1.87. The van der Waals surface area contributed by atoms with Crippen molar-refractivity contribution >= 4 is 17.5 Å². The van der Waals surface area contributed by atoms with E-state index in [4.69, 9.17) is 5.90 Å². The van der Waals surface area contributed by atoms with Gasteiger partial charge in [-0.2, -0.15) is 0 Å². The number of likely N-dealkylation sites (N-methyl/N-ethyl adjacent to an activating group) is 1. The van der Waals surface area contributed by atoms with Gasteiger partial charge in [0.2, 0.25) is 11.8 Å². The lowest BCUT2D eigenvalue weighted by Gasteiger charge is -2.31. The van der Waals surface area contributed by atoms with Gasteiger partial charge in [0, 0.05) is 12.7 Å². The summed E-state index contributed by atoms with van der Waals surface area (Å²) < 4.78 is 0. The highest BCUT2D eigenvalue weighted by Crippen LogP contribution is 2.19. The lowest BCUT2D eigenvalue weighted by molar-refractivity contribution is -0.136. The van der Waals surface area contributed by atoms with E-state index in [1.54, 1.807) is 25.2 Å². The van der Waals surface area contributed by atoms with Crippen molar-refractivity contribution in [1.82, 2.24) is 4.90 Å². The van der Waals surface area contributed by atoms with Crippen molar-refractivity contribution in [3.8, 4) is 0 Å². The van der Waals surface area contributed by atoms with Crippen LogP contribution in [0.3, 0.4) is 0 Å². The fourth-order valence-electron chi connectivity index (χ4n) is 1.87. The van der Waals surface area contributed by atoms with Crippen LogP contribution in [-0.2, 0) is 21.0 Å². The first-order valence-electron chi connectivity index (χ1n) is 5.57. The van der Waals surface area contributed by atoms with Crippen LogP contribution in [0.2, 0.25) is 0 Å². The highest BCUT2D eigenvalue weighted by atomic mass is 16.6. The number of anilines is 1. The van der Waals surface area contributed by atoms with Crippen molar-refractivity contribution in [1.29, 1.82) is 0 Å². The number of rotatable bonds is 3.